The summed E-state index contributed by atoms with van der Waals surface area (Å²) in [6, 6.07) is 19.4. The molecular formula is C19H18FN3S. The van der Waals surface area contributed by atoms with E-state index in [0.29, 0.717) is 17.3 Å². The van der Waals surface area contributed by atoms with E-state index in [1.165, 1.54) is 5.56 Å². The molecule has 0 saturated carbocycles. The van der Waals surface area contributed by atoms with Crippen molar-refractivity contribution in [2.75, 3.05) is 0 Å². The van der Waals surface area contributed by atoms with Crippen LogP contribution in [-0.4, -0.2) is 9.97 Å². The highest BCUT2D eigenvalue weighted by molar-refractivity contribution is 7.98. The summed E-state index contributed by atoms with van der Waals surface area (Å²) < 4.78 is 12.7. The zero-order valence-corrected chi connectivity index (χ0v) is 14.0. The fourth-order valence-electron chi connectivity index (χ4n) is 2.28. The van der Waals surface area contributed by atoms with E-state index >= 15 is 0 Å². The molecule has 122 valence electrons. The average Bonchev–Trinajstić information content (AvgIpc) is 2.67. The molecule has 0 fully saturated rings. The first kappa shape index (κ1) is 16.6. The molecule has 0 aliphatic carbocycles. The van der Waals surface area contributed by atoms with E-state index in [-0.39, 0.29) is 0 Å². The van der Waals surface area contributed by atoms with Crippen molar-refractivity contribution < 1.29 is 4.39 Å². The Morgan fingerprint density at radius 3 is 2.33 bits per heavy atom. The number of thioether (sulfide) groups is 1. The zero-order valence-electron chi connectivity index (χ0n) is 13.2. The first-order valence-electron chi connectivity index (χ1n) is 7.68. The molecule has 0 atom stereocenters. The predicted octanol–water partition coefficient (Wildman–Crippen LogP) is 4.36. The van der Waals surface area contributed by atoms with Crippen LogP contribution in [0, 0.1) is 0 Å². The summed E-state index contributed by atoms with van der Waals surface area (Å²) in [5.74, 6) is 0.801. The smallest absolute Gasteiger partial charge is 0.188 e. The molecule has 5 heteroatoms. The average molecular weight is 339 g/mol. The van der Waals surface area contributed by atoms with E-state index in [4.69, 9.17) is 5.73 Å². The number of halogens is 1. The van der Waals surface area contributed by atoms with E-state index in [1.807, 2.05) is 36.4 Å². The molecule has 0 saturated heterocycles. The number of aromatic nitrogens is 2. The summed E-state index contributed by atoms with van der Waals surface area (Å²) in [7, 11) is 0. The summed E-state index contributed by atoms with van der Waals surface area (Å²) in [6.07, 6.45) is 0. The largest absolute Gasteiger partial charge is 0.325 e. The lowest BCUT2D eigenvalue weighted by atomic mass is 10.1. The molecule has 0 radical (unpaired) electrons. The highest BCUT2D eigenvalue weighted by Gasteiger charge is 2.07. The number of nitrogens with two attached hydrogens (primary N) is 1. The molecule has 0 aliphatic rings. The molecule has 0 spiro atoms. The van der Waals surface area contributed by atoms with Crippen LogP contribution in [-0.2, 0) is 19.0 Å². The first-order valence-corrected chi connectivity index (χ1v) is 8.67. The van der Waals surface area contributed by atoms with Crippen LogP contribution in [0.3, 0.4) is 0 Å². The Morgan fingerprint density at radius 1 is 0.917 bits per heavy atom. The zero-order chi connectivity index (χ0) is 16.8. The van der Waals surface area contributed by atoms with Crippen molar-refractivity contribution in [2.24, 2.45) is 5.73 Å². The Hall–Kier alpha value is -2.24. The van der Waals surface area contributed by atoms with E-state index in [2.05, 4.69) is 22.1 Å². The summed E-state index contributed by atoms with van der Waals surface area (Å²) in [5, 5.41) is 0.700. The predicted molar refractivity (Wildman–Crippen MR) is 96.2 cm³/mol. The third-order valence-corrected chi connectivity index (χ3v) is 4.50. The summed E-state index contributed by atoms with van der Waals surface area (Å²) in [6.45, 7) is -0.104. The van der Waals surface area contributed by atoms with Gasteiger partial charge >= 0.3 is 0 Å². The minimum absolute atomic E-state index is 0.358. The van der Waals surface area contributed by atoms with E-state index in [0.717, 1.165) is 22.7 Å². The SMILES string of the molecule is NCc1cc(-c2ccc(CF)cc2)nc(SCc2ccccc2)n1. The summed E-state index contributed by atoms with van der Waals surface area (Å²) in [5.41, 5.74) is 10.2. The topological polar surface area (TPSA) is 51.8 Å². The van der Waals surface area contributed by atoms with Crippen LogP contribution in [0.2, 0.25) is 0 Å². The fourth-order valence-corrected chi connectivity index (χ4v) is 3.11. The summed E-state index contributed by atoms with van der Waals surface area (Å²) in [4.78, 5) is 9.12. The van der Waals surface area contributed by atoms with Crippen LogP contribution in [0.5, 0.6) is 0 Å². The maximum Gasteiger partial charge on any atom is 0.188 e. The van der Waals surface area contributed by atoms with Crippen LogP contribution in [0.25, 0.3) is 11.3 Å². The third-order valence-electron chi connectivity index (χ3n) is 3.58. The molecule has 0 amide bonds. The van der Waals surface area contributed by atoms with Crippen LogP contribution < -0.4 is 5.73 Å². The molecule has 3 rings (SSSR count). The van der Waals surface area contributed by atoms with Crippen molar-refractivity contribution in [3.05, 3.63) is 77.5 Å². The molecule has 3 aromatic rings. The van der Waals surface area contributed by atoms with Crippen molar-refractivity contribution in [1.82, 2.24) is 9.97 Å². The molecule has 0 aliphatic heterocycles. The van der Waals surface area contributed by atoms with Crippen molar-refractivity contribution in [2.45, 2.75) is 24.1 Å². The van der Waals surface area contributed by atoms with Gasteiger partial charge in [-0.3, -0.25) is 0 Å². The van der Waals surface area contributed by atoms with Gasteiger partial charge in [-0.05, 0) is 17.2 Å². The second-order valence-electron chi connectivity index (χ2n) is 5.34. The van der Waals surface area contributed by atoms with Gasteiger partial charge < -0.3 is 5.73 Å². The minimum Gasteiger partial charge on any atom is -0.325 e. The standard InChI is InChI=1S/C19H18FN3S/c20-11-14-6-8-16(9-7-14)18-10-17(12-21)22-19(23-18)24-13-15-4-2-1-3-5-15/h1-10H,11-13,21H2. The monoisotopic (exact) mass is 339 g/mol. The van der Waals surface area contributed by atoms with Crippen LogP contribution in [0.4, 0.5) is 4.39 Å². The van der Waals surface area contributed by atoms with Crippen LogP contribution in [0.15, 0.2) is 65.8 Å². The van der Waals surface area contributed by atoms with Crippen molar-refractivity contribution in [3.63, 3.8) is 0 Å². The lowest BCUT2D eigenvalue weighted by Gasteiger charge is -2.08. The van der Waals surface area contributed by atoms with Gasteiger partial charge in [0.15, 0.2) is 5.16 Å². The number of nitrogens with zero attached hydrogens (tertiary/aromatic N) is 2. The Kier molecular flexibility index (Phi) is 5.56. The Balaban J connectivity index is 1.84. The first-order chi connectivity index (χ1) is 11.8. The van der Waals surface area contributed by atoms with Crippen molar-refractivity contribution >= 4 is 11.8 Å². The van der Waals surface area contributed by atoms with Gasteiger partial charge in [0, 0.05) is 17.9 Å². The Bertz CT molecular complexity index is 791. The molecule has 0 bridgehead atoms. The van der Waals surface area contributed by atoms with Gasteiger partial charge in [-0.25, -0.2) is 14.4 Å². The lowest BCUT2D eigenvalue weighted by Crippen LogP contribution is -2.03. The molecule has 2 N–H and O–H groups in total. The van der Waals surface area contributed by atoms with Gasteiger partial charge in [0.05, 0.1) is 11.4 Å². The molecule has 0 unspecified atom stereocenters. The molecule has 1 heterocycles. The van der Waals surface area contributed by atoms with Crippen LogP contribution >= 0.6 is 11.8 Å². The van der Waals surface area contributed by atoms with Gasteiger partial charge in [-0.2, -0.15) is 0 Å². The highest BCUT2D eigenvalue weighted by Crippen LogP contribution is 2.24. The van der Waals surface area contributed by atoms with Gasteiger partial charge in [0.1, 0.15) is 6.67 Å². The molecule has 24 heavy (non-hydrogen) atoms. The number of alkyl halides is 1. The third kappa shape index (κ3) is 4.19. The number of rotatable bonds is 6. The molecule has 1 aromatic heterocycles. The number of hydrogen-bond acceptors (Lipinski definition) is 4. The highest BCUT2D eigenvalue weighted by atomic mass is 32.2. The fraction of sp³-hybridized carbons (Fsp3) is 0.158. The maximum absolute atomic E-state index is 12.7. The minimum atomic E-state index is -0.462. The normalized spacial score (nSPS) is 10.8. The lowest BCUT2D eigenvalue weighted by molar-refractivity contribution is 0.485. The Labute approximate surface area is 145 Å². The van der Waals surface area contributed by atoms with Gasteiger partial charge in [-0.15, -0.1) is 0 Å². The van der Waals surface area contributed by atoms with Gasteiger partial charge in [0.2, 0.25) is 0 Å². The van der Waals surface area contributed by atoms with Crippen LogP contribution in [0.1, 0.15) is 16.8 Å². The molecule has 3 nitrogen and oxygen atoms in total. The van der Waals surface area contributed by atoms with E-state index in [9.17, 15) is 4.39 Å². The van der Waals surface area contributed by atoms with Crippen molar-refractivity contribution in [1.29, 1.82) is 0 Å². The molecule has 2 aromatic carbocycles. The second-order valence-corrected chi connectivity index (χ2v) is 6.28. The van der Waals surface area contributed by atoms with E-state index < -0.39 is 6.67 Å². The quantitative estimate of drug-likeness (QED) is 0.535. The van der Waals surface area contributed by atoms with E-state index in [1.54, 1.807) is 23.9 Å². The Morgan fingerprint density at radius 2 is 1.67 bits per heavy atom. The van der Waals surface area contributed by atoms with Gasteiger partial charge in [-0.1, -0.05) is 66.4 Å². The number of benzene rings is 2. The summed E-state index contributed by atoms with van der Waals surface area (Å²) >= 11 is 1.58. The maximum atomic E-state index is 12.7. The van der Waals surface area contributed by atoms with Gasteiger partial charge in [0.25, 0.3) is 0 Å². The number of hydrogen-bond donors (Lipinski definition) is 1. The molecular weight excluding hydrogens is 321 g/mol. The second kappa shape index (κ2) is 8.04. The van der Waals surface area contributed by atoms with Crippen molar-refractivity contribution in [3.8, 4) is 11.3 Å².